The number of hydrogen-bond donors (Lipinski definition) is 1. The van der Waals surface area contributed by atoms with E-state index >= 15 is 0 Å². The highest BCUT2D eigenvalue weighted by Gasteiger charge is 2.31. The molecule has 2 aromatic heterocycles. The van der Waals surface area contributed by atoms with Gasteiger partial charge in [-0.1, -0.05) is 6.07 Å². The molecule has 0 aromatic carbocycles. The normalized spacial score (nSPS) is 20.2. The van der Waals surface area contributed by atoms with Crippen molar-refractivity contribution in [2.75, 3.05) is 13.2 Å². The minimum absolute atomic E-state index is 0.00224. The maximum Gasteiger partial charge on any atom is 0.249 e. The summed E-state index contributed by atoms with van der Waals surface area (Å²) in [5.74, 6) is 0.566. The van der Waals surface area contributed by atoms with Crippen LogP contribution in [0.1, 0.15) is 37.3 Å². The summed E-state index contributed by atoms with van der Waals surface area (Å²) >= 11 is 0. The fourth-order valence-corrected chi connectivity index (χ4v) is 3.26. The molecular formula is C18H22N4O2. The number of carbonyl (C=O) groups excluding carboxylic acids is 1. The first-order valence-corrected chi connectivity index (χ1v) is 8.69. The van der Waals surface area contributed by atoms with Crippen molar-refractivity contribution >= 4 is 5.91 Å². The van der Waals surface area contributed by atoms with Crippen LogP contribution >= 0.6 is 0 Å². The number of pyridine rings is 1. The number of nitrogens with zero attached hydrogens (tertiary/aromatic N) is 3. The highest BCUT2D eigenvalue weighted by molar-refractivity contribution is 5.80. The second-order valence-corrected chi connectivity index (χ2v) is 6.45. The molecule has 1 unspecified atom stereocenters. The SMILES string of the molecule is O=C(NCCn1ncc(-c2ccccn2)c1C1CC1)C1CCCO1. The van der Waals surface area contributed by atoms with Crippen LogP contribution < -0.4 is 5.32 Å². The third-order valence-corrected chi connectivity index (χ3v) is 4.63. The van der Waals surface area contributed by atoms with Crippen LogP contribution in [0.5, 0.6) is 0 Å². The molecule has 0 bridgehead atoms. The monoisotopic (exact) mass is 326 g/mol. The van der Waals surface area contributed by atoms with Gasteiger partial charge in [-0.25, -0.2) is 0 Å². The highest BCUT2D eigenvalue weighted by Crippen LogP contribution is 2.44. The summed E-state index contributed by atoms with van der Waals surface area (Å²) in [5.41, 5.74) is 3.33. The van der Waals surface area contributed by atoms with E-state index in [0.29, 0.717) is 25.6 Å². The molecule has 1 aliphatic carbocycles. The fraction of sp³-hybridized carbons (Fsp3) is 0.500. The number of aromatic nitrogens is 3. The Bertz CT molecular complexity index is 703. The van der Waals surface area contributed by atoms with E-state index in [9.17, 15) is 4.79 Å². The zero-order chi connectivity index (χ0) is 16.4. The number of amides is 1. The van der Waals surface area contributed by atoms with Crippen LogP contribution in [0.15, 0.2) is 30.6 Å². The van der Waals surface area contributed by atoms with Crippen LogP contribution in [0.2, 0.25) is 0 Å². The molecule has 2 aromatic rings. The first-order chi connectivity index (χ1) is 11.8. The Morgan fingerprint density at radius 1 is 1.33 bits per heavy atom. The minimum Gasteiger partial charge on any atom is -0.368 e. The molecule has 1 saturated carbocycles. The molecule has 4 rings (SSSR count). The van der Waals surface area contributed by atoms with Gasteiger partial charge in [-0.15, -0.1) is 0 Å². The molecule has 2 aliphatic rings. The molecule has 1 N–H and O–H groups in total. The zero-order valence-corrected chi connectivity index (χ0v) is 13.6. The van der Waals surface area contributed by atoms with Crippen molar-refractivity contribution in [3.05, 3.63) is 36.3 Å². The molecule has 6 heteroatoms. The third kappa shape index (κ3) is 3.19. The Morgan fingerprint density at radius 3 is 2.96 bits per heavy atom. The lowest BCUT2D eigenvalue weighted by Crippen LogP contribution is -2.36. The van der Waals surface area contributed by atoms with Crippen LogP contribution in [0.3, 0.4) is 0 Å². The first kappa shape index (κ1) is 15.3. The van der Waals surface area contributed by atoms with Gasteiger partial charge < -0.3 is 10.1 Å². The van der Waals surface area contributed by atoms with Crippen molar-refractivity contribution in [3.63, 3.8) is 0 Å². The number of hydrogen-bond acceptors (Lipinski definition) is 4. The van der Waals surface area contributed by atoms with Gasteiger partial charge in [0.25, 0.3) is 0 Å². The minimum atomic E-state index is -0.269. The molecule has 6 nitrogen and oxygen atoms in total. The lowest BCUT2D eigenvalue weighted by Gasteiger charge is -2.12. The molecule has 24 heavy (non-hydrogen) atoms. The lowest BCUT2D eigenvalue weighted by molar-refractivity contribution is -0.130. The smallest absolute Gasteiger partial charge is 0.249 e. The maximum atomic E-state index is 12.0. The van der Waals surface area contributed by atoms with Gasteiger partial charge in [-0.05, 0) is 37.8 Å². The van der Waals surface area contributed by atoms with Crippen molar-refractivity contribution in [1.29, 1.82) is 0 Å². The van der Waals surface area contributed by atoms with E-state index in [4.69, 9.17) is 4.74 Å². The van der Waals surface area contributed by atoms with Gasteiger partial charge in [0, 0.05) is 30.8 Å². The molecule has 0 spiro atoms. The Balaban J connectivity index is 1.44. The average molecular weight is 326 g/mol. The second kappa shape index (κ2) is 6.73. The van der Waals surface area contributed by atoms with Gasteiger partial charge in [-0.2, -0.15) is 5.10 Å². The summed E-state index contributed by atoms with van der Waals surface area (Å²) in [7, 11) is 0. The number of carbonyl (C=O) groups is 1. The van der Waals surface area contributed by atoms with Gasteiger partial charge in [0.15, 0.2) is 0 Å². The molecular weight excluding hydrogens is 304 g/mol. The predicted molar refractivity (Wildman–Crippen MR) is 89.4 cm³/mol. The topological polar surface area (TPSA) is 69.0 Å². The van der Waals surface area contributed by atoms with E-state index in [2.05, 4.69) is 15.4 Å². The van der Waals surface area contributed by atoms with E-state index in [1.165, 1.54) is 18.5 Å². The summed E-state index contributed by atoms with van der Waals surface area (Å²) in [6, 6.07) is 5.94. The van der Waals surface area contributed by atoms with Crippen molar-refractivity contribution in [3.8, 4) is 11.3 Å². The van der Waals surface area contributed by atoms with Crippen LogP contribution in [0.25, 0.3) is 11.3 Å². The Labute approximate surface area is 141 Å². The summed E-state index contributed by atoms with van der Waals surface area (Å²) in [6.07, 6.45) is 7.64. The molecule has 1 atom stereocenters. The summed E-state index contributed by atoms with van der Waals surface area (Å²) in [4.78, 5) is 16.5. The van der Waals surface area contributed by atoms with E-state index in [1.807, 2.05) is 35.3 Å². The van der Waals surface area contributed by atoms with Crippen molar-refractivity contribution in [2.45, 2.75) is 44.2 Å². The molecule has 1 aliphatic heterocycles. The Morgan fingerprint density at radius 2 is 2.25 bits per heavy atom. The Kier molecular flexibility index (Phi) is 4.30. The summed E-state index contributed by atoms with van der Waals surface area (Å²) in [6.45, 7) is 1.94. The van der Waals surface area contributed by atoms with E-state index in [-0.39, 0.29) is 12.0 Å². The first-order valence-electron chi connectivity index (χ1n) is 8.69. The summed E-state index contributed by atoms with van der Waals surface area (Å²) in [5, 5.41) is 7.51. The Hall–Kier alpha value is -2.21. The van der Waals surface area contributed by atoms with Crippen molar-refractivity contribution < 1.29 is 9.53 Å². The van der Waals surface area contributed by atoms with Gasteiger partial charge in [0.2, 0.25) is 5.91 Å². The van der Waals surface area contributed by atoms with Gasteiger partial charge in [0.1, 0.15) is 6.10 Å². The van der Waals surface area contributed by atoms with Crippen LogP contribution in [-0.2, 0) is 16.1 Å². The molecule has 1 saturated heterocycles. The maximum absolute atomic E-state index is 12.0. The van der Waals surface area contributed by atoms with Crippen molar-refractivity contribution in [1.82, 2.24) is 20.1 Å². The van der Waals surface area contributed by atoms with Gasteiger partial charge in [0.05, 0.1) is 24.1 Å². The second-order valence-electron chi connectivity index (χ2n) is 6.45. The fourth-order valence-electron chi connectivity index (χ4n) is 3.26. The number of ether oxygens (including phenoxy) is 1. The predicted octanol–water partition coefficient (Wildman–Crippen LogP) is 2.12. The van der Waals surface area contributed by atoms with E-state index < -0.39 is 0 Å². The van der Waals surface area contributed by atoms with Crippen LogP contribution in [0.4, 0.5) is 0 Å². The van der Waals surface area contributed by atoms with Crippen LogP contribution in [0, 0.1) is 0 Å². The summed E-state index contributed by atoms with van der Waals surface area (Å²) < 4.78 is 7.43. The van der Waals surface area contributed by atoms with Crippen LogP contribution in [-0.4, -0.2) is 39.9 Å². The van der Waals surface area contributed by atoms with E-state index in [1.54, 1.807) is 0 Å². The lowest BCUT2D eigenvalue weighted by atomic mass is 10.1. The molecule has 1 amide bonds. The standard InChI is InChI=1S/C18H22N4O2/c23-18(16-5-3-11-24-16)20-9-10-22-17(13-6-7-13)14(12-21-22)15-4-1-2-8-19-15/h1-2,4,8,12-13,16H,3,5-7,9-11H2,(H,20,23). The van der Waals surface area contributed by atoms with Gasteiger partial charge >= 0.3 is 0 Å². The highest BCUT2D eigenvalue weighted by atomic mass is 16.5. The quantitative estimate of drug-likeness (QED) is 0.883. The molecule has 126 valence electrons. The molecule has 2 fully saturated rings. The zero-order valence-electron chi connectivity index (χ0n) is 13.6. The number of nitrogens with one attached hydrogen (secondary N) is 1. The average Bonchev–Trinajstić information content (AvgIpc) is 3.13. The number of rotatable bonds is 6. The largest absolute Gasteiger partial charge is 0.368 e. The molecule has 0 radical (unpaired) electrons. The molecule has 3 heterocycles. The van der Waals surface area contributed by atoms with Gasteiger partial charge in [-0.3, -0.25) is 14.5 Å². The van der Waals surface area contributed by atoms with E-state index in [0.717, 1.165) is 24.1 Å². The van der Waals surface area contributed by atoms with Crippen molar-refractivity contribution in [2.24, 2.45) is 0 Å². The third-order valence-electron chi connectivity index (χ3n) is 4.63.